The van der Waals surface area contributed by atoms with Crippen molar-refractivity contribution in [3.05, 3.63) is 76.9 Å². The van der Waals surface area contributed by atoms with Crippen molar-refractivity contribution < 1.29 is 32.6 Å². The highest BCUT2D eigenvalue weighted by Crippen LogP contribution is 2.44. The van der Waals surface area contributed by atoms with Gasteiger partial charge in [-0.3, -0.25) is 9.59 Å². The highest BCUT2D eigenvalue weighted by molar-refractivity contribution is 5.97. The third kappa shape index (κ3) is 5.33. The van der Waals surface area contributed by atoms with Gasteiger partial charge in [0.1, 0.15) is 29.4 Å². The van der Waals surface area contributed by atoms with Gasteiger partial charge in [-0.05, 0) is 30.2 Å². The first kappa shape index (κ1) is 23.8. The van der Waals surface area contributed by atoms with Crippen LogP contribution in [0.2, 0.25) is 0 Å². The highest BCUT2D eigenvalue weighted by Gasteiger charge is 2.39. The molecule has 0 spiro atoms. The van der Waals surface area contributed by atoms with Crippen LogP contribution in [0.25, 0.3) is 0 Å². The van der Waals surface area contributed by atoms with Crippen LogP contribution in [0.15, 0.2) is 48.9 Å². The first-order chi connectivity index (χ1) is 15.5. The molecular formula is C23H22F3N3O4. The fourth-order valence-electron chi connectivity index (χ4n) is 3.33. The van der Waals surface area contributed by atoms with Crippen LogP contribution >= 0.6 is 0 Å². The predicted molar refractivity (Wildman–Crippen MR) is 113 cm³/mol. The molecular weight excluding hydrogens is 439 g/mol. The van der Waals surface area contributed by atoms with E-state index >= 15 is 0 Å². The number of ether oxygens (including phenoxy) is 1. The lowest BCUT2D eigenvalue weighted by Gasteiger charge is -2.19. The maximum Gasteiger partial charge on any atom is 0.423 e. The number of benzene rings is 2. The summed E-state index contributed by atoms with van der Waals surface area (Å²) in [5.41, 5.74) is -0.0896. The van der Waals surface area contributed by atoms with Crippen molar-refractivity contribution in [1.82, 2.24) is 14.5 Å². The topological polar surface area (TPSA) is 84.7 Å². The highest BCUT2D eigenvalue weighted by atomic mass is 19.4. The van der Waals surface area contributed by atoms with Gasteiger partial charge in [-0.2, -0.15) is 13.2 Å². The summed E-state index contributed by atoms with van der Waals surface area (Å²) in [4.78, 5) is 29.5. The molecule has 1 N–H and O–H groups in total. The van der Waals surface area contributed by atoms with Gasteiger partial charge in [0.25, 0.3) is 5.91 Å². The fraction of sp³-hybridized carbons (Fsp3) is 0.261. The number of rotatable bonds is 7. The Balaban J connectivity index is 1.76. The number of hydrogen-bond donors (Lipinski definition) is 1. The molecule has 0 radical (unpaired) electrons. The number of nitrogens with zero attached hydrogens (tertiary/aromatic N) is 3. The van der Waals surface area contributed by atoms with Gasteiger partial charge in [-0.15, -0.1) is 0 Å². The summed E-state index contributed by atoms with van der Waals surface area (Å²) in [6.07, 6.45) is -1.93. The number of phenols is 1. The average Bonchev–Trinajstić information content (AvgIpc) is 3.16. The number of aromatic hydroxyl groups is 1. The Kier molecular flexibility index (Phi) is 6.75. The van der Waals surface area contributed by atoms with E-state index in [0.29, 0.717) is 11.3 Å². The summed E-state index contributed by atoms with van der Waals surface area (Å²) in [6.45, 7) is 1.12. The summed E-state index contributed by atoms with van der Waals surface area (Å²) < 4.78 is 47.5. The van der Waals surface area contributed by atoms with Crippen molar-refractivity contribution in [2.75, 3.05) is 7.05 Å². The Morgan fingerprint density at radius 2 is 1.88 bits per heavy atom. The molecule has 0 saturated heterocycles. The van der Waals surface area contributed by atoms with Crippen molar-refractivity contribution in [2.45, 2.75) is 26.3 Å². The van der Waals surface area contributed by atoms with E-state index in [1.54, 1.807) is 42.9 Å². The number of imidazole rings is 1. The smallest absolute Gasteiger partial charge is 0.423 e. The summed E-state index contributed by atoms with van der Waals surface area (Å²) in [5, 5.41) is 10.0. The van der Waals surface area contributed by atoms with Crippen LogP contribution in [-0.2, 0) is 26.4 Å². The molecule has 0 atom stereocenters. The van der Waals surface area contributed by atoms with Crippen LogP contribution in [0, 0.1) is 0 Å². The second-order valence-corrected chi connectivity index (χ2v) is 7.55. The van der Waals surface area contributed by atoms with Gasteiger partial charge in [0.05, 0.1) is 18.1 Å². The Labute approximate surface area is 188 Å². The van der Waals surface area contributed by atoms with E-state index in [9.17, 15) is 27.9 Å². The molecule has 1 heterocycles. The van der Waals surface area contributed by atoms with Crippen molar-refractivity contribution in [2.24, 2.45) is 7.05 Å². The maximum atomic E-state index is 13.5. The Morgan fingerprint density at radius 3 is 2.48 bits per heavy atom. The molecule has 2 aromatic carbocycles. The largest absolute Gasteiger partial charge is 0.506 e. The summed E-state index contributed by atoms with van der Waals surface area (Å²) in [5.74, 6) is -2.66. The molecule has 0 aliphatic rings. The number of phenolic OH excluding ortho intramolecular Hbond substituents is 1. The van der Waals surface area contributed by atoms with Crippen LogP contribution in [0.5, 0.6) is 11.5 Å². The molecule has 0 unspecified atom stereocenters. The standard InChI is InChI=1S/C23H22F3N3O4/c1-14(30)17-7-8-19(20(21(17)31)23(24,25)26)33-12-16-6-4-5-15(9-16)11-28(2)22(32)18-10-27-13-29(18)3/h4-10,13,31H,11-12H2,1-3H3. The molecule has 3 rings (SSSR count). The van der Waals surface area contributed by atoms with Gasteiger partial charge < -0.3 is 19.3 Å². The molecule has 0 aliphatic heterocycles. The molecule has 10 heteroatoms. The number of hydrogen-bond acceptors (Lipinski definition) is 5. The van der Waals surface area contributed by atoms with E-state index < -0.39 is 34.6 Å². The third-order valence-electron chi connectivity index (χ3n) is 4.99. The number of carbonyl (C=O) groups excluding carboxylic acids is 2. The normalized spacial score (nSPS) is 11.3. The number of halogens is 3. The molecule has 1 amide bonds. The SMILES string of the molecule is CC(=O)c1ccc(OCc2cccc(CN(C)C(=O)c3cncn3C)c2)c(C(F)(F)F)c1O. The lowest BCUT2D eigenvalue weighted by Crippen LogP contribution is -2.27. The van der Waals surface area contributed by atoms with Crippen LogP contribution < -0.4 is 4.74 Å². The van der Waals surface area contributed by atoms with Crippen molar-refractivity contribution in [3.8, 4) is 11.5 Å². The Hall–Kier alpha value is -3.82. The Morgan fingerprint density at radius 1 is 1.18 bits per heavy atom. The van der Waals surface area contributed by atoms with Crippen LogP contribution in [0.3, 0.4) is 0 Å². The summed E-state index contributed by atoms with van der Waals surface area (Å²) in [6, 6.07) is 8.98. The molecule has 0 aliphatic carbocycles. The number of aryl methyl sites for hydroxylation is 1. The first-order valence-corrected chi connectivity index (χ1v) is 9.85. The third-order valence-corrected chi connectivity index (χ3v) is 4.99. The van der Waals surface area contributed by atoms with E-state index in [2.05, 4.69) is 4.98 Å². The number of carbonyl (C=O) groups is 2. The minimum absolute atomic E-state index is 0.213. The summed E-state index contributed by atoms with van der Waals surface area (Å²) in [7, 11) is 3.34. The fourth-order valence-corrected chi connectivity index (χ4v) is 3.33. The van der Waals surface area contributed by atoms with E-state index in [1.807, 2.05) is 0 Å². The maximum absolute atomic E-state index is 13.5. The molecule has 0 bridgehead atoms. The first-order valence-electron chi connectivity index (χ1n) is 9.85. The van der Waals surface area contributed by atoms with Gasteiger partial charge >= 0.3 is 6.18 Å². The number of Topliss-reactive ketones (excluding diaryl/α,β-unsaturated/α-hetero) is 1. The van der Waals surface area contributed by atoms with Gasteiger partial charge in [0.2, 0.25) is 0 Å². The molecule has 7 nitrogen and oxygen atoms in total. The second-order valence-electron chi connectivity index (χ2n) is 7.55. The van der Waals surface area contributed by atoms with Gasteiger partial charge in [-0.25, -0.2) is 4.98 Å². The lowest BCUT2D eigenvalue weighted by atomic mass is 10.0. The zero-order valence-corrected chi connectivity index (χ0v) is 18.2. The van der Waals surface area contributed by atoms with Gasteiger partial charge in [-0.1, -0.05) is 24.3 Å². The van der Waals surface area contributed by atoms with E-state index in [0.717, 1.165) is 24.6 Å². The van der Waals surface area contributed by atoms with Crippen molar-refractivity contribution >= 4 is 11.7 Å². The number of ketones is 1. The van der Waals surface area contributed by atoms with Crippen molar-refractivity contribution in [3.63, 3.8) is 0 Å². The zero-order chi connectivity index (χ0) is 24.3. The monoisotopic (exact) mass is 461 g/mol. The average molecular weight is 461 g/mol. The Bertz CT molecular complexity index is 1190. The minimum atomic E-state index is -4.92. The molecule has 174 valence electrons. The van der Waals surface area contributed by atoms with Crippen LogP contribution in [0.1, 0.15) is 44.5 Å². The van der Waals surface area contributed by atoms with E-state index in [-0.39, 0.29) is 19.1 Å². The molecule has 0 fully saturated rings. The quantitative estimate of drug-likeness (QED) is 0.533. The molecule has 1 aromatic heterocycles. The number of alkyl halides is 3. The number of amides is 1. The predicted octanol–water partition coefficient (Wildman–Crippen LogP) is 4.20. The minimum Gasteiger partial charge on any atom is -0.506 e. The second kappa shape index (κ2) is 9.35. The lowest BCUT2D eigenvalue weighted by molar-refractivity contribution is -0.140. The van der Waals surface area contributed by atoms with Crippen LogP contribution in [0.4, 0.5) is 13.2 Å². The van der Waals surface area contributed by atoms with Crippen molar-refractivity contribution in [1.29, 1.82) is 0 Å². The van der Waals surface area contributed by atoms with Crippen LogP contribution in [-0.4, -0.2) is 38.3 Å². The van der Waals surface area contributed by atoms with E-state index in [1.165, 1.54) is 17.4 Å². The molecule has 0 saturated carbocycles. The van der Waals surface area contributed by atoms with Gasteiger partial charge in [0.15, 0.2) is 5.78 Å². The molecule has 33 heavy (non-hydrogen) atoms. The summed E-state index contributed by atoms with van der Waals surface area (Å²) >= 11 is 0. The molecule has 3 aromatic rings. The zero-order valence-electron chi connectivity index (χ0n) is 18.2. The van der Waals surface area contributed by atoms with Gasteiger partial charge in [0, 0.05) is 20.6 Å². The van der Waals surface area contributed by atoms with E-state index in [4.69, 9.17) is 4.74 Å². The number of aromatic nitrogens is 2.